The molecular weight excluding hydrogens is 370 g/mol. The highest BCUT2D eigenvalue weighted by Crippen LogP contribution is 2.32. The second kappa shape index (κ2) is 7.44. The van der Waals surface area contributed by atoms with Gasteiger partial charge in [-0.1, -0.05) is 50.4 Å². The summed E-state index contributed by atoms with van der Waals surface area (Å²) in [6, 6.07) is 7.92. The van der Waals surface area contributed by atoms with Crippen molar-refractivity contribution in [1.29, 1.82) is 0 Å². The zero-order valence-corrected chi connectivity index (χ0v) is 14.0. The number of alkyl halides is 1. The van der Waals surface area contributed by atoms with Crippen molar-refractivity contribution in [2.45, 2.75) is 25.7 Å². The fourth-order valence-electron chi connectivity index (χ4n) is 2.73. The van der Waals surface area contributed by atoms with E-state index >= 15 is 0 Å². The molecule has 2 nitrogen and oxygen atoms in total. The monoisotopic (exact) mass is 387 g/mol. The van der Waals surface area contributed by atoms with Crippen LogP contribution in [0.1, 0.15) is 24.8 Å². The van der Waals surface area contributed by atoms with Crippen LogP contribution in [0.4, 0.5) is 0 Å². The predicted octanol–water partition coefficient (Wildman–Crippen LogP) is 3.92. The fourth-order valence-corrected chi connectivity index (χ4v) is 4.02. The molecule has 0 aliphatic heterocycles. The van der Waals surface area contributed by atoms with Gasteiger partial charge in [-0.15, -0.1) is 0 Å². The Balaban J connectivity index is 1.78. The van der Waals surface area contributed by atoms with Crippen molar-refractivity contribution in [2.24, 2.45) is 11.8 Å². The number of benzene rings is 1. The van der Waals surface area contributed by atoms with Gasteiger partial charge in [0.15, 0.2) is 0 Å². The third-order valence-electron chi connectivity index (χ3n) is 3.83. The lowest BCUT2D eigenvalue weighted by Gasteiger charge is -2.17. The van der Waals surface area contributed by atoms with E-state index in [-0.39, 0.29) is 5.91 Å². The van der Waals surface area contributed by atoms with Crippen LogP contribution in [-0.2, 0) is 11.2 Å². The molecule has 0 aromatic heterocycles. The largest absolute Gasteiger partial charge is 0.356 e. The summed E-state index contributed by atoms with van der Waals surface area (Å²) in [4.78, 5) is 11.9. The van der Waals surface area contributed by atoms with Crippen molar-refractivity contribution in [3.05, 3.63) is 34.3 Å². The maximum atomic E-state index is 11.9. The molecule has 1 amide bonds. The number of halogens is 2. The summed E-state index contributed by atoms with van der Waals surface area (Å²) in [5.74, 6) is 1.50. The highest BCUT2D eigenvalue weighted by molar-refractivity contribution is 9.10. The average molecular weight is 389 g/mol. The first kappa shape index (κ1) is 15.0. The van der Waals surface area contributed by atoms with Crippen LogP contribution in [0, 0.1) is 11.8 Å². The van der Waals surface area contributed by atoms with Crippen molar-refractivity contribution < 1.29 is 4.79 Å². The number of carbonyl (C=O) groups excluding carboxylic acids is 1. The average Bonchev–Trinajstić information content (AvgIpc) is 2.83. The molecule has 1 fully saturated rings. The van der Waals surface area contributed by atoms with Crippen LogP contribution in [0.5, 0.6) is 0 Å². The number of hydrogen-bond donors (Lipinski definition) is 1. The number of hydrogen-bond acceptors (Lipinski definition) is 1. The SMILES string of the molecule is O=C(Cc1cccc(Br)c1)NCC1CCCC1CBr. The van der Waals surface area contributed by atoms with E-state index in [0.717, 1.165) is 27.8 Å². The molecule has 2 unspecified atom stereocenters. The Hall–Kier alpha value is -0.350. The highest BCUT2D eigenvalue weighted by atomic mass is 79.9. The molecule has 2 atom stereocenters. The normalized spacial score (nSPS) is 22.4. The van der Waals surface area contributed by atoms with Gasteiger partial charge in [0.1, 0.15) is 0 Å². The molecule has 1 aliphatic rings. The summed E-state index contributed by atoms with van der Waals surface area (Å²) < 4.78 is 1.02. The summed E-state index contributed by atoms with van der Waals surface area (Å²) in [6.07, 6.45) is 4.29. The molecule has 2 rings (SSSR count). The zero-order valence-electron chi connectivity index (χ0n) is 10.9. The third-order valence-corrected chi connectivity index (χ3v) is 5.15. The molecule has 1 N–H and O–H groups in total. The predicted molar refractivity (Wildman–Crippen MR) is 85.5 cm³/mol. The van der Waals surface area contributed by atoms with Crippen molar-refractivity contribution in [3.63, 3.8) is 0 Å². The van der Waals surface area contributed by atoms with Gasteiger partial charge in [-0.25, -0.2) is 0 Å². The van der Waals surface area contributed by atoms with Crippen LogP contribution in [0.15, 0.2) is 28.7 Å². The van der Waals surface area contributed by atoms with Gasteiger partial charge >= 0.3 is 0 Å². The van der Waals surface area contributed by atoms with Crippen LogP contribution in [0.2, 0.25) is 0 Å². The Kier molecular flexibility index (Phi) is 5.89. The van der Waals surface area contributed by atoms with E-state index in [9.17, 15) is 4.79 Å². The van der Waals surface area contributed by atoms with Crippen molar-refractivity contribution in [2.75, 3.05) is 11.9 Å². The van der Waals surface area contributed by atoms with Crippen LogP contribution in [-0.4, -0.2) is 17.8 Å². The topological polar surface area (TPSA) is 29.1 Å². The lowest BCUT2D eigenvalue weighted by Crippen LogP contribution is -2.32. The number of amides is 1. The lowest BCUT2D eigenvalue weighted by atomic mass is 9.98. The van der Waals surface area contributed by atoms with Crippen LogP contribution >= 0.6 is 31.9 Å². The fraction of sp³-hybridized carbons (Fsp3) is 0.533. The third kappa shape index (κ3) is 4.60. The van der Waals surface area contributed by atoms with Crippen LogP contribution in [0.25, 0.3) is 0 Å². The molecule has 1 aliphatic carbocycles. The van der Waals surface area contributed by atoms with E-state index < -0.39 is 0 Å². The first-order valence-electron chi connectivity index (χ1n) is 6.76. The van der Waals surface area contributed by atoms with Crippen molar-refractivity contribution >= 4 is 37.8 Å². The Morgan fingerprint density at radius 1 is 1.32 bits per heavy atom. The lowest BCUT2D eigenvalue weighted by molar-refractivity contribution is -0.120. The maximum absolute atomic E-state index is 11.9. The summed E-state index contributed by atoms with van der Waals surface area (Å²) >= 11 is 6.99. The van der Waals surface area contributed by atoms with Crippen LogP contribution in [0.3, 0.4) is 0 Å². The summed E-state index contributed by atoms with van der Waals surface area (Å²) in [5, 5.41) is 4.14. The molecule has 1 aromatic carbocycles. The molecule has 0 spiro atoms. The Labute approximate surface area is 131 Å². The molecule has 0 radical (unpaired) electrons. The van der Waals surface area contributed by atoms with Gasteiger partial charge in [0.05, 0.1) is 6.42 Å². The second-order valence-corrected chi connectivity index (χ2v) is 6.78. The second-order valence-electron chi connectivity index (χ2n) is 5.22. The van der Waals surface area contributed by atoms with Gasteiger partial charge in [0.25, 0.3) is 0 Å². The van der Waals surface area contributed by atoms with Crippen molar-refractivity contribution in [1.82, 2.24) is 5.32 Å². The summed E-state index contributed by atoms with van der Waals surface area (Å²) in [7, 11) is 0. The minimum absolute atomic E-state index is 0.123. The molecule has 0 bridgehead atoms. The van der Waals surface area contributed by atoms with E-state index in [4.69, 9.17) is 0 Å². The highest BCUT2D eigenvalue weighted by Gasteiger charge is 2.26. The molecular formula is C15H19Br2NO. The molecule has 104 valence electrons. The summed E-state index contributed by atoms with van der Waals surface area (Å²) in [5.41, 5.74) is 1.05. The zero-order chi connectivity index (χ0) is 13.7. The van der Waals surface area contributed by atoms with Gasteiger partial charge in [-0.05, 0) is 42.4 Å². The van der Waals surface area contributed by atoms with Gasteiger partial charge in [0.2, 0.25) is 5.91 Å². The first-order chi connectivity index (χ1) is 9.19. The van der Waals surface area contributed by atoms with Crippen LogP contribution < -0.4 is 5.32 Å². The van der Waals surface area contributed by atoms with E-state index in [2.05, 4.69) is 37.2 Å². The van der Waals surface area contributed by atoms with Gasteiger partial charge in [0, 0.05) is 16.3 Å². The number of nitrogens with one attached hydrogen (secondary N) is 1. The Morgan fingerprint density at radius 2 is 2.11 bits per heavy atom. The van der Waals surface area contributed by atoms with E-state index in [1.165, 1.54) is 19.3 Å². The van der Waals surface area contributed by atoms with Gasteiger partial charge < -0.3 is 5.32 Å². The smallest absolute Gasteiger partial charge is 0.224 e. The molecule has 0 heterocycles. The quantitative estimate of drug-likeness (QED) is 0.761. The molecule has 1 aromatic rings. The van der Waals surface area contributed by atoms with E-state index in [1.54, 1.807) is 0 Å². The Morgan fingerprint density at radius 3 is 2.84 bits per heavy atom. The minimum atomic E-state index is 0.123. The minimum Gasteiger partial charge on any atom is -0.356 e. The number of carbonyl (C=O) groups is 1. The van der Waals surface area contributed by atoms with Gasteiger partial charge in [-0.2, -0.15) is 0 Å². The van der Waals surface area contributed by atoms with Crippen molar-refractivity contribution in [3.8, 4) is 0 Å². The maximum Gasteiger partial charge on any atom is 0.224 e. The van der Waals surface area contributed by atoms with E-state index in [0.29, 0.717) is 12.3 Å². The standard InChI is InChI=1S/C15H19Br2NO/c16-9-12-4-2-5-13(12)10-18-15(19)8-11-3-1-6-14(17)7-11/h1,3,6-7,12-13H,2,4-5,8-10H2,(H,18,19). The molecule has 19 heavy (non-hydrogen) atoms. The first-order valence-corrected chi connectivity index (χ1v) is 8.67. The Bertz CT molecular complexity index is 436. The number of rotatable bonds is 5. The van der Waals surface area contributed by atoms with E-state index in [1.807, 2.05) is 24.3 Å². The molecule has 0 saturated heterocycles. The molecule has 1 saturated carbocycles. The molecule has 4 heteroatoms. The summed E-state index contributed by atoms with van der Waals surface area (Å²) in [6.45, 7) is 0.823. The van der Waals surface area contributed by atoms with Gasteiger partial charge in [-0.3, -0.25) is 4.79 Å².